The van der Waals surface area contributed by atoms with Gasteiger partial charge in [-0.1, -0.05) is 48.0 Å². The van der Waals surface area contributed by atoms with Crippen LogP contribution in [0.25, 0.3) is 0 Å². The smallest absolute Gasteiger partial charge is 0.267 e. The number of benzene rings is 2. The van der Waals surface area contributed by atoms with Crippen LogP contribution in [0.15, 0.2) is 53.6 Å². The largest absolute Gasteiger partial charge is 0.583 e. The molecule has 2 aromatic carbocycles. The summed E-state index contributed by atoms with van der Waals surface area (Å²) in [5, 5.41) is 15.3. The Morgan fingerprint density at radius 1 is 1.10 bits per heavy atom. The minimum atomic E-state index is -2.16. The molecule has 0 bridgehead atoms. The fraction of sp³-hybridized carbons (Fsp3) is 0.0667. The van der Waals surface area contributed by atoms with E-state index >= 15 is 0 Å². The van der Waals surface area contributed by atoms with Crippen molar-refractivity contribution in [1.82, 2.24) is 4.92 Å². The van der Waals surface area contributed by atoms with Gasteiger partial charge in [0.2, 0.25) is 5.91 Å². The molecule has 20 heavy (non-hydrogen) atoms. The maximum absolute atomic E-state index is 12.5. The molecule has 4 rings (SSSR count). The number of carbonyl (C=O) groups excluding carboxylic acids is 1. The quantitative estimate of drug-likeness (QED) is 0.718. The van der Waals surface area contributed by atoms with Crippen molar-refractivity contribution in [2.24, 2.45) is 5.10 Å². The second-order valence-corrected chi connectivity index (χ2v) is 5.33. The summed E-state index contributed by atoms with van der Waals surface area (Å²) >= 11 is 0. The Balaban J connectivity index is 1.96. The zero-order valence-corrected chi connectivity index (χ0v) is 10.7. The second kappa shape index (κ2) is 3.80. The number of amides is 1. The van der Waals surface area contributed by atoms with Crippen LogP contribution in [0.3, 0.4) is 0 Å². The van der Waals surface area contributed by atoms with Crippen molar-refractivity contribution in [3.63, 3.8) is 0 Å². The second-order valence-electron chi connectivity index (χ2n) is 5.33. The highest BCUT2D eigenvalue weighted by atomic mass is 16.2. The average Bonchev–Trinajstić information content (AvgIpc) is 2.47. The molecule has 0 aromatic heterocycles. The molecule has 0 radical (unpaired) electrons. The molecular weight excluding hydrogens is 251 g/mol. The summed E-state index contributed by atoms with van der Waals surface area (Å²) in [5.41, 5.74) is 3.16. The Hall–Kier alpha value is -2.40. The van der Waals surface area contributed by atoms with Gasteiger partial charge in [0, 0.05) is 11.8 Å². The van der Waals surface area contributed by atoms with Crippen molar-refractivity contribution in [3.8, 4) is 0 Å². The minimum Gasteiger partial charge on any atom is -0.583 e. The van der Waals surface area contributed by atoms with Gasteiger partial charge in [-0.2, -0.15) is 0 Å². The summed E-state index contributed by atoms with van der Waals surface area (Å²) < 4.78 is 0. The number of fused-ring (bicyclic) bond motifs is 4. The molecule has 0 spiro atoms. The number of rotatable bonds is 0. The Morgan fingerprint density at radius 2 is 1.85 bits per heavy atom. The first-order valence-electron chi connectivity index (χ1n) is 6.65. The summed E-state index contributed by atoms with van der Waals surface area (Å²) in [6.45, 7) is -2.16. The monoisotopic (exact) mass is 263 g/mol. The normalized spacial score (nSPS) is 23.1. The van der Waals surface area contributed by atoms with E-state index in [-0.39, 0.29) is 5.91 Å². The van der Waals surface area contributed by atoms with Crippen molar-refractivity contribution in [2.45, 2.75) is 6.32 Å². The van der Waals surface area contributed by atoms with Gasteiger partial charge in [-0.25, -0.2) is 5.10 Å². The number of nitrogens with zero attached hydrogens (tertiary/aromatic N) is 2. The van der Waals surface area contributed by atoms with E-state index in [0.717, 1.165) is 16.6 Å². The summed E-state index contributed by atoms with van der Waals surface area (Å²) in [6.07, 6.45) is 2.05. The van der Waals surface area contributed by atoms with E-state index in [1.54, 1.807) is 12.3 Å². The third kappa shape index (κ3) is 1.35. The van der Waals surface area contributed by atoms with Gasteiger partial charge in [-0.15, -0.1) is 11.8 Å². The number of carbonyl (C=O) groups is 1. The van der Waals surface area contributed by atoms with Gasteiger partial charge >= 0.3 is 0 Å². The van der Waals surface area contributed by atoms with E-state index in [1.165, 1.54) is 4.92 Å². The van der Waals surface area contributed by atoms with Crippen molar-refractivity contribution in [2.75, 3.05) is 0 Å². The Labute approximate surface area is 116 Å². The molecule has 2 heterocycles. The predicted octanol–water partition coefficient (Wildman–Crippen LogP) is 0.913. The van der Waals surface area contributed by atoms with Crippen LogP contribution in [0.4, 0.5) is 0 Å². The van der Waals surface area contributed by atoms with E-state index in [4.69, 9.17) is 0 Å². The van der Waals surface area contributed by atoms with E-state index in [1.807, 2.05) is 42.5 Å². The number of hydrogen-bond acceptors (Lipinski definition) is 3. The molecular formula is C15H12BN2O2-. The molecule has 98 valence electrons. The molecule has 1 atom stereocenters. The van der Waals surface area contributed by atoms with Gasteiger partial charge < -0.3 is 9.94 Å². The van der Waals surface area contributed by atoms with Gasteiger partial charge in [-0.05, 0) is 11.6 Å². The van der Waals surface area contributed by atoms with Crippen molar-refractivity contribution >= 4 is 24.1 Å². The van der Waals surface area contributed by atoms with Crippen LogP contribution in [-0.4, -0.2) is 28.5 Å². The van der Waals surface area contributed by atoms with Crippen molar-refractivity contribution < 1.29 is 9.82 Å². The molecule has 0 saturated heterocycles. The maximum atomic E-state index is 12.5. The first-order chi connectivity index (χ1) is 9.70. The fourth-order valence-electron chi connectivity index (χ4n) is 3.20. The lowest BCUT2D eigenvalue weighted by atomic mass is 9.40. The lowest BCUT2D eigenvalue weighted by Crippen LogP contribution is -2.69. The van der Waals surface area contributed by atoms with Crippen LogP contribution in [-0.2, 0) is 6.32 Å². The highest BCUT2D eigenvalue weighted by Gasteiger charge is 2.42. The van der Waals surface area contributed by atoms with Crippen molar-refractivity contribution in [3.05, 3.63) is 65.2 Å². The third-order valence-corrected chi connectivity index (χ3v) is 4.18. The van der Waals surface area contributed by atoms with Gasteiger partial charge in [-0.3, -0.25) is 4.79 Å². The Morgan fingerprint density at radius 3 is 2.75 bits per heavy atom. The maximum Gasteiger partial charge on any atom is 0.267 e. The molecule has 4 nitrogen and oxygen atoms in total. The highest BCUT2D eigenvalue weighted by Crippen LogP contribution is 2.28. The first-order valence-corrected chi connectivity index (χ1v) is 6.65. The van der Waals surface area contributed by atoms with E-state index in [0.29, 0.717) is 11.9 Å². The van der Waals surface area contributed by atoms with Crippen LogP contribution in [0.2, 0.25) is 0 Å². The topological polar surface area (TPSA) is 52.9 Å². The zero-order chi connectivity index (χ0) is 13.7. The van der Waals surface area contributed by atoms with E-state index < -0.39 is 6.48 Å². The Kier molecular flexibility index (Phi) is 2.17. The van der Waals surface area contributed by atoms with Gasteiger partial charge in [0.15, 0.2) is 0 Å². The molecule has 1 unspecified atom stereocenters. The lowest BCUT2D eigenvalue weighted by molar-refractivity contribution is 0.0827. The fourth-order valence-corrected chi connectivity index (χ4v) is 3.20. The number of hydrazone groups is 1. The zero-order valence-electron chi connectivity index (χ0n) is 10.7. The SMILES string of the molecule is O=C1c2ccccc2C[B-]2(O)c3ccccc3C=NN12. The van der Waals surface area contributed by atoms with Crippen LogP contribution in [0.5, 0.6) is 0 Å². The predicted molar refractivity (Wildman–Crippen MR) is 78.0 cm³/mol. The van der Waals surface area contributed by atoms with Crippen LogP contribution in [0, 0.1) is 0 Å². The number of hydrogen-bond donors (Lipinski definition) is 1. The standard InChI is InChI=1S/C15H12BN2O2/c19-15-13-7-3-1-5-11(13)9-16(20)14-8-4-2-6-12(14)10-17-18(15)16/h1-8,10,20H,9H2/q-1. The highest BCUT2D eigenvalue weighted by molar-refractivity contribution is 6.86. The molecule has 5 heteroatoms. The molecule has 0 saturated carbocycles. The first kappa shape index (κ1) is 11.4. The molecule has 0 fully saturated rings. The van der Waals surface area contributed by atoms with E-state index in [9.17, 15) is 9.82 Å². The van der Waals surface area contributed by atoms with Gasteiger partial charge in [0.1, 0.15) is 0 Å². The van der Waals surface area contributed by atoms with Crippen LogP contribution >= 0.6 is 0 Å². The molecule has 2 aliphatic rings. The molecule has 1 amide bonds. The van der Waals surface area contributed by atoms with Crippen LogP contribution in [0.1, 0.15) is 21.5 Å². The molecule has 2 aliphatic heterocycles. The summed E-state index contributed by atoms with van der Waals surface area (Å²) in [5.74, 6) is -0.236. The van der Waals surface area contributed by atoms with Crippen LogP contribution < -0.4 is 5.46 Å². The van der Waals surface area contributed by atoms with Gasteiger partial charge in [0.25, 0.3) is 6.48 Å². The third-order valence-electron chi connectivity index (χ3n) is 4.18. The summed E-state index contributed by atoms with van der Waals surface area (Å²) in [7, 11) is 0. The van der Waals surface area contributed by atoms with Gasteiger partial charge in [0.05, 0.1) is 0 Å². The minimum absolute atomic E-state index is 0.236. The summed E-state index contributed by atoms with van der Waals surface area (Å²) in [4.78, 5) is 13.8. The van der Waals surface area contributed by atoms with Crippen molar-refractivity contribution in [1.29, 1.82) is 0 Å². The van der Waals surface area contributed by atoms with E-state index in [2.05, 4.69) is 5.10 Å². The molecule has 2 aromatic rings. The average molecular weight is 263 g/mol. The lowest BCUT2D eigenvalue weighted by Gasteiger charge is -2.50. The molecule has 0 aliphatic carbocycles. The molecule has 1 N–H and O–H groups in total. The Bertz CT molecular complexity index is 759. The summed E-state index contributed by atoms with van der Waals surface area (Å²) in [6, 6.07) is 14.9.